The lowest BCUT2D eigenvalue weighted by atomic mass is 10.2. The highest BCUT2D eigenvalue weighted by molar-refractivity contribution is 8.00. The molecule has 0 aliphatic carbocycles. The molecule has 106 valence electrons. The summed E-state index contributed by atoms with van der Waals surface area (Å²) in [6, 6.07) is 4.68. The van der Waals surface area contributed by atoms with Crippen LogP contribution < -0.4 is 15.8 Å². The highest BCUT2D eigenvalue weighted by Crippen LogP contribution is 2.32. The molecule has 0 bridgehead atoms. The fourth-order valence-electron chi connectivity index (χ4n) is 2.37. The van der Waals surface area contributed by atoms with Crippen molar-refractivity contribution in [2.24, 2.45) is 5.14 Å². The molecular weight excluding hydrogens is 282 g/mol. The molecule has 1 saturated heterocycles. The standard InChI is InChI=1S/C12H19N3O2S2/c1-8-6-15(7-9(2)18-8)12-4-3-10(5-11(12)13)19(14,16)17/h3-5,8-9H,6-7,13H2,1-2H3,(H2,14,16,17). The zero-order valence-corrected chi connectivity index (χ0v) is 12.7. The van der Waals surface area contributed by atoms with Crippen LogP contribution in [0.1, 0.15) is 13.8 Å². The van der Waals surface area contributed by atoms with E-state index in [-0.39, 0.29) is 4.90 Å². The second-order valence-electron chi connectivity index (χ2n) is 4.93. The topological polar surface area (TPSA) is 89.4 Å². The number of sulfonamides is 1. The van der Waals surface area contributed by atoms with Crippen molar-refractivity contribution in [2.45, 2.75) is 29.2 Å². The molecule has 2 rings (SSSR count). The minimum absolute atomic E-state index is 0.0567. The molecule has 1 aromatic carbocycles. The van der Waals surface area contributed by atoms with E-state index in [1.165, 1.54) is 12.1 Å². The van der Waals surface area contributed by atoms with E-state index in [9.17, 15) is 8.42 Å². The predicted molar refractivity (Wildman–Crippen MR) is 81.0 cm³/mol. The van der Waals surface area contributed by atoms with Gasteiger partial charge in [0.2, 0.25) is 10.0 Å². The van der Waals surface area contributed by atoms with Gasteiger partial charge in [0, 0.05) is 23.6 Å². The highest BCUT2D eigenvalue weighted by atomic mass is 32.2. The molecule has 0 radical (unpaired) electrons. The Bertz CT molecular complexity index is 564. The Kier molecular flexibility index (Phi) is 3.98. The molecule has 1 fully saturated rings. The molecule has 1 aliphatic heterocycles. The summed E-state index contributed by atoms with van der Waals surface area (Å²) in [4.78, 5) is 2.26. The number of anilines is 2. The number of benzene rings is 1. The van der Waals surface area contributed by atoms with Gasteiger partial charge in [0.1, 0.15) is 0 Å². The largest absolute Gasteiger partial charge is 0.397 e. The van der Waals surface area contributed by atoms with Crippen LogP contribution in [0, 0.1) is 0 Å². The molecule has 1 aromatic rings. The summed E-state index contributed by atoms with van der Waals surface area (Å²) in [5, 5.41) is 6.16. The zero-order valence-electron chi connectivity index (χ0n) is 11.0. The van der Waals surface area contributed by atoms with Crippen LogP contribution in [0.3, 0.4) is 0 Å². The molecule has 0 saturated carbocycles. The highest BCUT2D eigenvalue weighted by Gasteiger charge is 2.24. The van der Waals surface area contributed by atoms with Crippen molar-refractivity contribution in [2.75, 3.05) is 23.7 Å². The van der Waals surface area contributed by atoms with E-state index in [0.717, 1.165) is 18.8 Å². The Hall–Kier alpha value is -0.920. The quantitative estimate of drug-likeness (QED) is 0.802. The van der Waals surface area contributed by atoms with Gasteiger partial charge in [-0.1, -0.05) is 13.8 Å². The van der Waals surface area contributed by atoms with Crippen molar-refractivity contribution in [3.63, 3.8) is 0 Å². The smallest absolute Gasteiger partial charge is 0.238 e. The van der Waals surface area contributed by atoms with Gasteiger partial charge in [-0.3, -0.25) is 0 Å². The van der Waals surface area contributed by atoms with Crippen molar-refractivity contribution in [1.29, 1.82) is 0 Å². The summed E-state index contributed by atoms with van der Waals surface area (Å²) in [5.74, 6) is 0. The number of hydrogen-bond donors (Lipinski definition) is 2. The molecule has 1 heterocycles. The van der Waals surface area contributed by atoms with Gasteiger partial charge in [-0.2, -0.15) is 11.8 Å². The summed E-state index contributed by atoms with van der Waals surface area (Å²) in [6.45, 7) is 6.19. The summed E-state index contributed by atoms with van der Waals surface area (Å²) in [7, 11) is -3.70. The maximum Gasteiger partial charge on any atom is 0.238 e. The number of primary sulfonamides is 1. The summed E-state index contributed by atoms with van der Waals surface area (Å²) in [5.41, 5.74) is 7.31. The molecule has 0 amide bonds. The van der Waals surface area contributed by atoms with Crippen LogP contribution in [0.5, 0.6) is 0 Å². The predicted octanol–water partition coefficient (Wildman–Crippen LogP) is 1.25. The normalized spacial score (nSPS) is 24.5. The van der Waals surface area contributed by atoms with Crippen molar-refractivity contribution in [3.8, 4) is 0 Å². The van der Waals surface area contributed by atoms with E-state index in [4.69, 9.17) is 10.9 Å². The SMILES string of the molecule is CC1CN(c2ccc(S(N)(=O)=O)cc2N)CC(C)S1. The Morgan fingerprint density at radius 2 is 1.84 bits per heavy atom. The van der Waals surface area contributed by atoms with E-state index in [1.54, 1.807) is 6.07 Å². The number of hydrogen-bond acceptors (Lipinski definition) is 5. The fourth-order valence-corrected chi connectivity index (χ4v) is 4.25. The fraction of sp³-hybridized carbons (Fsp3) is 0.500. The number of nitrogens with two attached hydrogens (primary N) is 2. The molecule has 7 heteroatoms. The minimum Gasteiger partial charge on any atom is -0.397 e. The monoisotopic (exact) mass is 301 g/mol. The Morgan fingerprint density at radius 3 is 2.32 bits per heavy atom. The van der Waals surface area contributed by atoms with Gasteiger partial charge in [0.15, 0.2) is 0 Å². The molecular formula is C12H19N3O2S2. The molecule has 0 aromatic heterocycles. The Morgan fingerprint density at radius 1 is 1.26 bits per heavy atom. The average molecular weight is 301 g/mol. The van der Waals surface area contributed by atoms with Gasteiger partial charge >= 0.3 is 0 Å². The van der Waals surface area contributed by atoms with E-state index >= 15 is 0 Å². The van der Waals surface area contributed by atoms with E-state index in [1.807, 2.05) is 11.8 Å². The van der Waals surface area contributed by atoms with Gasteiger partial charge in [-0.25, -0.2) is 13.6 Å². The summed E-state index contributed by atoms with van der Waals surface area (Å²) in [6.07, 6.45) is 0. The van der Waals surface area contributed by atoms with Gasteiger partial charge in [0.25, 0.3) is 0 Å². The van der Waals surface area contributed by atoms with Crippen molar-refractivity contribution in [3.05, 3.63) is 18.2 Å². The second-order valence-corrected chi connectivity index (χ2v) is 8.37. The van der Waals surface area contributed by atoms with Crippen LogP contribution >= 0.6 is 11.8 Å². The number of nitrogen functional groups attached to an aromatic ring is 1. The Labute approximate surface area is 118 Å². The first kappa shape index (κ1) is 14.5. The van der Waals surface area contributed by atoms with Gasteiger partial charge < -0.3 is 10.6 Å². The van der Waals surface area contributed by atoms with Gasteiger partial charge in [-0.15, -0.1) is 0 Å². The third kappa shape index (κ3) is 3.34. The minimum atomic E-state index is -3.70. The second kappa shape index (κ2) is 5.22. The molecule has 5 nitrogen and oxygen atoms in total. The lowest BCUT2D eigenvalue weighted by Gasteiger charge is -2.36. The van der Waals surface area contributed by atoms with Crippen LogP contribution in [0.4, 0.5) is 11.4 Å². The molecule has 2 unspecified atom stereocenters. The molecule has 0 spiro atoms. The Balaban J connectivity index is 2.31. The van der Waals surface area contributed by atoms with Crippen LogP contribution in [0.15, 0.2) is 23.1 Å². The zero-order chi connectivity index (χ0) is 14.2. The molecule has 19 heavy (non-hydrogen) atoms. The maximum absolute atomic E-state index is 11.3. The lowest BCUT2D eigenvalue weighted by Crippen LogP contribution is -2.40. The third-order valence-electron chi connectivity index (χ3n) is 3.09. The number of thioether (sulfide) groups is 1. The number of nitrogens with zero attached hydrogens (tertiary/aromatic N) is 1. The molecule has 1 aliphatic rings. The first-order valence-corrected chi connectivity index (χ1v) is 8.59. The van der Waals surface area contributed by atoms with Crippen molar-refractivity contribution >= 4 is 33.2 Å². The average Bonchev–Trinajstić information content (AvgIpc) is 2.26. The first-order valence-electron chi connectivity index (χ1n) is 6.10. The van der Waals surface area contributed by atoms with E-state index < -0.39 is 10.0 Å². The molecule has 4 N–H and O–H groups in total. The molecule has 2 atom stereocenters. The van der Waals surface area contributed by atoms with Crippen LogP contribution in [0.2, 0.25) is 0 Å². The summed E-state index contributed by atoms with van der Waals surface area (Å²) >= 11 is 1.95. The number of rotatable bonds is 2. The van der Waals surface area contributed by atoms with Crippen molar-refractivity contribution < 1.29 is 8.42 Å². The maximum atomic E-state index is 11.3. The van der Waals surface area contributed by atoms with Crippen LogP contribution in [-0.4, -0.2) is 32.0 Å². The van der Waals surface area contributed by atoms with Gasteiger partial charge in [0.05, 0.1) is 16.3 Å². The summed E-state index contributed by atoms with van der Waals surface area (Å²) < 4.78 is 22.6. The first-order chi connectivity index (χ1) is 8.77. The van der Waals surface area contributed by atoms with Crippen LogP contribution in [0.25, 0.3) is 0 Å². The van der Waals surface area contributed by atoms with E-state index in [2.05, 4.69) is 18.7 Å². The van der Waals surface area contributed by atoms with Crippen molar-refractivity contribution in [1.82, 2.24) is 0 Å². The van der Waals surface area contributed by atoms with Crippen LogP contribution in [-0.2, 0) is 10.0 Å². The van der Waals surface area contributed by atoms with E-state index in [0.29, 0.717) is 16.2 Å². The third-order valence-corrected chi connectivity index (χ3v) is 5.23. The van der Waals surface area contributed by atoms with Gasteiger partial charge in [-0.05, 0) is 18.2 Å². The lowest BCUT2D eigenvalue weighted by molar-refractivity contribution is 0.598.